The highest BCUT2D eigenvalue weighted by atomic mass is 15.3. The zero-order valence-electron chi connectivity index (χ0n) is 13.2. The number of anilines is 1. The highest BCUT2D eigenvalue weighted by Gasteiger charge is 2.39. The Morgan fingerprint density at radius 3 is 2.14 bits per heavy atom. The fourth-order valence-electron chi connectivity index (χ4n) is 3.75. The van der Waals surface area contributed by atoms with Gasteiger partial charge in [-0.05, 0) is 32.0 Å². The van der Waals surface area contributed by atoms with E-state index in [1.807, 2.05) is 0 Å². The van der Waals surface area contributed by atoms with Crippen LogP contribution in [0.1, 0.15) is 12.8 Å². The average molecular weight is 288 g/mol. The van der Waals surface area contributed by atoms with Crippen LogP contribution in [0, 0.1) is 0 Å². The third kappa shape index (κ3) is 3.07. The molecule has 0 aromatic heterocycles. The molecule has 2 aliphatic rings. The molecule has 2 saturated heterocycles. The highest BCUT2D eigenvalue weighted by Crippen LogP contribution is 2.31. The van der Waals surface area contributed by atoms with Gasteiger partial charge in [0.2, 0.25) is 0 Å². The van der Waals surface area contributed by atoms with E-state index in [0.717, 1.165) is 19.6 Å². The number of hydrogen-bond donors (Lipinski definition) is 1. The van der Waals surface area contributed by atoms with E-state index in [9.17, 15) is 0 Å². The Kier molecular flexibility index (Phi) is 4.48. The van der Waals surface area contributed by atoms with Gasteiger partial charge in [-0.3, -0.25) is 4.90 Å². The van der Waals surface area contributed by atoms with Crippen LogP contribution >= 0.6 is 0 Å². The Morgan fingerprint density at radius 1 is 0.952 bits per heavy atom. The number of para-hydroxylation sites is 1. The van der Waals surface area contributed by atoms with Crippen molar-refractivity contribution in [2.45, 2.75) is 18.4 Å². The summed E-state index contributed by atoms with van der Waals surface area (Å²) in [5.41, 5.74) is 7.79. The molecular weight excluding hydrogens is 260 g/mol. The second kappa shape index (κ2) is 6.34. The van der Waals surface area contributed by atoms with Gasteiger partial charge in [0.25, 0.3) is 0 Å². The summed E-state index contributed by atoms with van der Waals surface area (Å²) in [6.45, 7) is 7.70. The summed E-state index contributed by atoms with van der Waals surface area (Å²) in [7, 11) is 2.21. The molecule has 0 spiro atoms. The third-order valence-electron chi connectivity index (χ3n) is 5.37. The van der Waals surface area contributed by atoms with Crippen molar-refractivity contribution in [1.82, 2.24) is 9.80 Å². The van der Waals surface area contributed by atoms with Gasteiger partial charge in [-0.2, -0.15) is 0 Å². The topological polar surface area (TPSA) is 35.7 Å². The van der Waals surface area contributed by atoms with Gasteiger partial charge < -0.3 is 15.5 Å². The largest absolute Gasteiger partial charge is 0.371 e. The smallest absolute Gasteiger partial charge is 0.0366 e. The molecule has 0 radical (unpaired) electrons. The second-order valence-electron chi connectivity index (χ2n) is 6.54. The van der Waals surface area contributed by atoms with Crippen LogP contribution < -0.4 is 10.6 Å². The van der Waals surface area contributed by atoms with Crippen molar-refractivity contribution in [3.8, 4) is 0 Å². The molecule has 116 valence electrons. The van der Waals surface area contributed by atoms with Gasteiger partial charge in [0, 0.05) is 57.0 Å². The van der Waals surface area contributed by atoms with Crippen LogP contribution in [0.5, 0.6) is 0 Å². The molecule has 1 aromatic carbocycles. The summed E-state index contributed by atoms with van der Waals surface area (Å²) in [4.78, 5) is 7.58. The summed E-state index contributed by atoms with van der Waals surface area (Å²) < 4.78 is 0. The molecule has 0 amide bonds. The molecule has 0 aliphatic carbocycles. The van der Waals surface area contributed by atoms with Gasteiger partial charge in [0.1, 0.15) is 0 Å². The lowest BCUT2D eigenvalue weighted by molar-refractivity contribution is 0.0279. The maximum Gasteiger partial charge on any atom is 0.0366 e. The number of likely N-dealkylation sites (N-methyl/N-ethyl adjacent to an activating group) is 1. The maximum atomic E-state index is 6.21. The Hall–Kier alpha value is -1.10. The SMILES string of the molecule is CN1CCN(C2(CN)CCN(c3ccccc3)CC2)CC1. The van der Waals surface area contributed by atoms with E-state index in [2.05, 4.69) is 52.1 Å². The van der Waals surface area contributed by atoms with Crippen molar-refractivity contribution < 1.29 is 0 Å². The Labute approximate surface area is 128 Å². The molecule has 0 unspecified atom stereocenters. The number of nitrogens with two attached hydrogens (primary N) is 1. The maximum absolute atomic E-state index is 6.21. The predicted octanol–water partition coefficient (Wildman–Crippen LogP) is 1.23. The van der Waals surface area contributed by atoms with Gasteiger partial charge in [0.05, 0.1) is 0 Å². The van der Waals surface area contributed by atoms with E-state index in [-0.39, 0.29) is 5.54 Å². The van der Waals surface area contributed by atoms with Crippen molar-refractivity contribution in [2.75, 3.05) is 57.8 Å². The second-order valence-corrected chi connectivity index (χ2v) is 6.54. The molecule has 2 heterocycles. The van der Waals surface area contributed by atoms with Gasteiger partial charge >= 0.3 is 0 Å². The average Bonchev–Trinajstić information content (AvgIpc) is 2.56. The molecule has 2 N–H and O–H groups in total. The van der Waals surface area contributed by atoms with E-state index >= 15 is 0 Å². The van der Waals surface area contributed by atoms with E-state index < -0.39 is 0 Å². The minimum Gasteiger partial charge on any atom is -0.371 e. The first-order valence-corrected chi connectivity index (χ1v) is 8.17. The molecule has 2 aliphatic heterocycles. The molecule has 1 aromatic rings. The standard InChI is InChI=1S/C17H28N4/c1-19-11-13-21(14-12-19)17(15-18)7-9-20(10-8-17)16-5-3-2-4-6-16/h2-6H,7-15,18H2,1H3. The molecule has 21 heavy (non-hydrogen) atoms. The minimum atomic E-state index is 0.229. The van der Waals surface area contributed by atoms with E-state index in [4.69, 9.17) is 5.73 Å². The Morgan fingerprint density at radius 2 is 1.57 bits per heavy atom. The zero-order valence-corrected chi connectivity index (χ0v) is 13.2. The summed E-state index contributed by atoms with van der Waals surface area (Å²) in [6, 6.07) is 10.8. The number of piperazine rings is 1. The number of rotatable bonds is 3. The molecule has 4 heteroatoms. The molecule has 0 bridgehead atoms. The number of hydrogen-bond acceptors (Lipinski definition) is 4. The van der Waals surface area contributed by atoms with Crippen molar-refractivity contribution >= 4 is 5.69 Å². The van der Waals surface area contributed by atoms with E-state index in [0.29, 0.717) is 0 Å². The quantitative estimate of drug-likeness (QED) is 0.907. The molecule has 3 rings (SSSR count). The van der Waals surface area contributed by atoms with Crippen LogP contribution in [0.4, 0.5) is 5.69 Å². The Bertz CT molecular complexity index is 431. The molecule has 2 fully saturated rings. The van der Waals surface area contributed by atoms with Gasteiger partial charge in [0.15, 0.2) is 0 Å². The lowest BCUT2D eigenvalue weighted by Gasteiger charge is -2.51. The molecular formula is C17H28N4. The monoisotopic (exact) mass is 288 g/mol. The van der Waals surface area contributed by atoms with Crippen molar-refractivity contribution in [3.63, 3.8) is 0 Å². The van der Waals surface area contributed by atoms with E-state index in [1.165, 1.54) is 44.7 Å². The lowest BCUT2D eigenvalue weighted by Crippen LogP contribution is -2.63. The van der Waals surface area contributed by atoms with Crippen LogP contribution in [0.3, 0.4) is 0 Å². The molecule has 0 atom stereocenters. The van der Waals surface area contributed by atoms with Gasteiger partial charge in [-0.1, -0.05) is 18.2 Å². The summed E-state index contributed by atoms with van der Waals surface area (Å²) >= 11 is 0. The van der Waals surface area contributed by atoms with Crippen molar-refractivity contribution in [3.05, 3.63) is 30.3 Å². The highest BCUT2D eigenvalue weighted by molar-refractivity contribution is 5.46. The number of benzene rings is 1. The van der Waals surface area contributed by atoms with Crippen molar-refractivity contribution in [1.29, 1.82) is 0 Å². The van der Waals surface area contributed by atoms with Crippen molar-refractivity contribution in [2.24, 2.45) is 5.73 Å². The number of nitrogens with zero attached hydrogens (tertiary/aromatic N) is 3. The lowest BCUT2D eigenvalue weighted by atomic mass is 9.84. The minimum absolute atomic E-state index is 0.229. The first kappa shape index (κ1) is 14.8. The fraction of sp³-hybridized carbons (Fsp3) is 0.647. The van der Waals surface area contributed by atoms with Gasteiger partial charge in [-0.25, -0.2) is 0 Å². The van der Waals surface area contributed by atoms with Crippen LogP contribution in [0.25, 0.3) is 0 Å². The first-order chi connectivity index (χ1) is 10.2. The fourth-order valence-corrected chi connectivity index (χ4v) is 3.75. The predicted molar refractivity (Wildman–Crippen MR) is 88.7 cm³/mol. The van der Waals surface area contributed by atoms with Crippen LogP contribution in [0.15, 0.2) is 30.3 Å². The van der Waals surface area contributed by atoms with Crippen LogP contribution in [-0.4, -0.2) is 68.2 Å². The summed E-state index contributed by atoms with van der Waals surface area (Å²) in [5.74, 6) is 0. The summed E-state index contributed by atoms with van der Waals surface area (Å²) in [5, 5.41) is 0. The van der Waals surface area contributed by atoms with Crippen LogP contribution in [-0.2, 0) is 0 Å². The first-order valence-electron chi connectivity index (χ1n) is 8.17. The van der Waals surface area contributed by atoms with Crippen LogP contribution in [0.2, 0.25) is 0 Å². The normalized spacial score (nSPS) is 24.2. The van der Waals surface area contributed by atoms with E-state index in [1.54, 1.807) is 0 Å². The summed E-state index contributed by atoms with van der Waals surface area (Å²) in [6.07, 6.45) is 2.37. The number of piperidine rings is 1. The Balaban J connectivity index is 1.64. The van der Waals surface area contributed by atoms with Gasteiger partial charge in [-0.15, -0.1) is 0 Å². The molecule has 0 saturated carbocycles. The third-order valence-corrected chi connectivity index (χ3v) is 5.37. The molecule has 4 nitrogen and oxygen atoms in total. The zero-order chi connectivity index (χ0) is 14.7.